The quantitative estimate of drug-likeness (QED) is 0.0262. The molecule has 0 saturated carbocycles. The smallest absolute Gasteiger partial charge is 0.306 e. The van der Waals surface area contributed by atoms with Gasteiger partial charge in [-0.3, -0.25) is 14.4 Å². The first-order chi connectivity index (χ1) is 30.5. The molecule has 0 amide bonds. The van der Waals surface area contributed by atoms with E-state index in [0.717, 1.165) is 70.6 Å². The molecule has 0 bridgehead atoms. The number of hydrogen-bond donors (Lipinski definition) is 0. The van der Waals surface area contributed by atoms with Crippen molar-refractivity contribution in [3.63, 3.8) is 0 Å². The lowest BCUT2D eigenvalue weighted by Crippen LogP contribution is -2.30. The van der Waals surface area contributed by atoms with Crippen molar-refractivity contribution >= 4 is 17.9 Å². The van der Waals surface area contributed by atoms with Crippen molar-refractivity contribution in [2.45, 2.75) is 303 Å². The molecular formula is C56H104O6. The first-order valence-corrected chi connectivity index (χ1v) is 27.3. The van der Waals surface area contributed by atoms with Crippen LogP contribution in [0.3, 0.4) is 0 Å². The van der Waals surface area contributed by atoms with Crippen LogP contribution >= 0.6 is 0 Å². The maximum Gasteiger partial charge on any atom is 0.306 e. The zero-order valence-electron chi connectivity index (χ0n) is 41.7. The molecule has 0 saturated heterocycles. The van der Waals surface area contributed by atoms with Crippen molar-refractivity contribution in [2.24, 2.45) is 0 Å². The van der Waals surface area contributed by atoms with E-state index in [4.69, 9.17) is 14.2 Å². The van der Waals surface area contributed by atoms with Crippen molar-refractivity contribution in [1.29, 1.82) is 0 Å². The largest absolute Gasteiger partial charge is 0.462 e. The molecule has 0 aromatic rings. The van der Waals surface area contributed by atoms with Gasteiger partial charge in [0.15, 0.2) is 6.10 Å². The van der Waals surface area contributed by atoms with Gasteiger partial charge in [-0.25, -0.2) is 0 Å². The van der Waals surface area contributed by atoms with Crippen molar-refractivity contribution in [2.75, 3.05) is 13.2 Å². The summed E-state index contributed by atoms with van der Waals surface area (Å²) >= 11 is 0. The van der Waals surface area contributed by atoms with Crippen LogP contribution in [-0.2, 0) is 28.6 Å². The van der Waals surface area contributed by atoms with Crippen molar-refractivity contribution in [3.05, 3.63) is 24.3 Å². The van der Waals surface area contributed by atoms with Crippen LogP contribution in [0.15, 0.2) is 24.3 Å². The third-order valence-electron chi connectivity index (χ3n) is 12.2. The summed E-state index contributed by atoms with van der Waals surface area (Å²) in [7, 11) is 0. The van der Waals surface area contributed by atoms with E-state index in [0.29, 0.717) is 19.3 Å². The van der Waals surface area contributed by atoms with Crippen LogP contribution in [0.2, 0.25) is 0 Å². The van der Waals surface area contributed by atoms with Gasteiger partial charge in [0.2, 0.25) is 0 Å². The molecule has 0 heterocycles. The van der Waals surface area contributed by atoms with Gasteiger partial charge in [0.25, 0.3) is 0 Å². The molecule has 0 aromatic heterocycles. The molecule has 0 fully saturated rings. The third-order valence-corrected chi connectivity index (χ3v) is 12.2. The Hall–Kier alpha value is -2.11. The average molecular weight is 873 g/mol. The minimum atomic E-state index is -0.773. The minimum absolute atomic E-state index is 0.0743. The monoisotopic (exact) mass is 873 g/mol. The number of carbonyl (C=O) groups excluding carboxylic acids is 3. The van der Waals surface area contributed by atoms with E-state index < -0.39 is 6.10 Å². The maximum atomic E-state index is 12.8. The Kier molecular flexibility index (Phi) is 49.8. The van der Waals surface area contributed by atoms with E-state index in [1.54, 1.807) is 0 Å². The Labute approximate surface area is 385 Å². The van der Waals surface area contributed by atoms with E-state index in [-0.39, 0.29) is 31.1 Å². The molecule has 1 atom stereocenters. The summed E-state index contributed by atoms with van der Waals surface area (Å²) in [5.74, 6) is -0.874. The van der Waals surface area contributed by atoms with Gasteiger partial charge in [0, 0.05) is 19.3 Å². The van der Waals surface area contributed by atoms with Crippen LogP contribution in [0.4, 0.5) is 0 Å². The Morgan fingerprint density at radius 2 is 0.532 bits per heavy atom. The van der Waals surface area contributed by atoms with E-state index in [1.807, 2.05) is 0 Å². The maximum absolute atomic E-state index is 12.8. The van der Waals surface area contributed by atoms with Gasteiger partial charge < -0.3 is 14.2 Å². The number of rotatable bonds is 50. The van der Waals surface area contributed by atoms with Crippen molar-refractivity contribution in [1.82, 2.24) is 0 Å². The molecule has 0 spiro atoms. The van der Waals surface area contributed by atoms with Crippen LogP contribution in [0.5, 0.6) is 0 Å². The van der Waals surface area contributed by atoms with Gasteiger partial charge in [0.1, 0.15) is 13.2 Å². The molecule has 0 unspecified atom stereocenters. The second-order valence-electron chi connectivity index (χ2n) is 18.5. The van der Waals surface area contributed by atoms with Gasteiger partial charge in [0.05, 0.1) is 0 Å². The first kappa shape index (κ1) is 59.9. The summed E-state index contributed by atoms with van der Waals surface area (Å²) < 4.78 is 16.8. The summed E-state index contributed by atoms with van der Waals surface area (Å²) in [4.78, 5) is 38.0. The van der Waals surface area contributed by atoms with Crippen LogP contribution in [0.1, 0.15) is 297 Å². The van der Waals surface area contributed by atoms with Gasteiger partial charge in [-0.1, -0.05) is 231 Å². The zero-order chi connectivity index (χ0) is 45.1. The molecule has 0 aliphatic carbocycles. The Balaban J connectivity index is 4.35. The number of hydrogen-bond acceptors (Lipinski definition) is 6. The highest BCUT2D eigenvalue weighted by molar-refractivity contribution is 5.71. The molecule has 364 valence electrons. The van der Waals surface area contributed by atoms with Gasteiger partial charge in [-0.2, -0.15) is 0 Å². The van der Waals surface area contributed by atoms with Crippen LogP contribution in [0.25, 0.3) is 0 Å². The molecule has 0 radical (unpaired) electrons. The highest BCUT2D eigenvalue weighted by atomic mass is 16.6. The van der Waals surface area contributed by atoms with Gasteiger partial charge in [-0.05, 0) is 70.6 Å². The molecule has 0 aliphatic rings. The fourth-order valence-electron chi connectivity index (χ4n) is 8.02. The molecule has 0 N–H and O–H groups in total. The van der Waals surface area contributed by atoms with Crippen LogP contribution < -0.4 is 0 Å². The van der Waals surface area contributed by atoms with Crippen LogP contribution in [-0.4, -0.2) is 37.2 Å². The Morgan fingerprint density at radius 1 is 0.306 bits per heavy atom. The topological polar surface area (TPSA) is 78.9 Å². The fraction of sp³-hybridized carbons (Fsp3) is 0.875. The number of carbonyl (C=O) groups is 3. The molecule has 0 aliphatic heterocycles. The van der Waals surface area contributed by atoms with E-state index in [2.05, 4.69) is 45.1 Å². The third kappa shape index (κ3) is 48.9. The van der Waals surface area contributed by atoms with E-state index >= 15 is 0 Å². The second-order valence-corrected chi connectivity index (χ2v) is 18.5. The zero-order valence-corrected chi connectivity index (χ0v) is 41.7. The van der Waals surface area contributed by atoms with E-state index in [1.165, 1.54) is 186 Å². The summed E-state index contributed by atoms with van der Waals surface area (Å²) in [5.41, 5.74) is 0. The minimum Gasteiger partial charge on any atom is -0.462 e. The molecular weight excluding hydrogens is 769 g/mol. The molecule has 62 heavy (non-hydrogen) atoms. The van der Waals surface area contributed by atoms with Crippen LogP contribution in [0, 0.1) is 0 Å². The lowest BCUT2D eigenvalue weighted by molar-refractivity contribution is -0.167. The number of unbranched alkanes of at least 4 members (excludes halogenated alkanes) is 35. The summed E-state index contributed by atoms with van der Waals surface area (Å²) in [6, 6.07) is 0. The molecule has 0 aromatic carbocycles. The summed E-state index contributed by atoms with van der Waals surface area (Å²) in [6.45, 7) is 6.64. The first-order valence-electron chi connectivity index (χ1n) is 27.3. The average Bonchev–Trinajstić information content (AvgIpc) is 3.27. The molecule has 6 nitrogen and oxygen atoms in total. The molecule has 0 rings (SSSR count). The SMILES string of the molecule is CCCCCC/C=C\CCCCCCCC(=O)OC[C@H](COC(=O)CCCCCCC/C=C\CCCCCCCCC)OC(=O)CCCCCCCCCCCCCCCCC. The fourth-order valence-corrected chi connectivity index (χ4v) is 8.02. The Morgan fingerprint density at radius 3 is 0.823 bits per heavy atom. The Bertz CT molecular complexity index is 1000. The lowest BCUT2D eigenvalue weighted by Gasteiger charge is -2.18. The summed E-state index contributed by atoms with van der Waals surface area (Å²) in [6.07, 6.45) is 58.7. The van der Waals surface area contributed by atoms with Gasteiger partial charge >= 0.3 is 17.9 Å². The number of allylic oxidation sites excluding steroid dienone is 4. The summed E-state index contributed by atoms with van der Waals surface area (Å²) in [5, 5.41) is 0. The van der Waals surface area contributed by atoms with Crippen molar-refractivity contribution in [3.8, 4) is 0 Å². The van der Waals surface area contributed by atoms with Gasteiger partial charge in [-0.15, -0.1) is 0 Å². The van der Waals surface area contributed by atoms with E-state index in [9.17, 15) is 14.4 Å². The highest BCUT2D eigenvalue weighted by Gasteiger charge is 2.19. The number of ether oxygens (including phenoxy) is 3. The number of esters is 3. The molecule has 6 heteroatoms. The predicted octanol–water partition coefficient (Wildman–Crippen LogP) is 17.9. The predicted molar refractivity (Wildman–Crippen MR) is 266 cm³/mol. The standard InChI is InChI=1S/C56H104O6/c1-4-7-10-13-16-19-22-25-27-29-31-34-37-40-43-46-49-55(58)61-52-53(51-60-54(57)48-45-42-39-36-33-30-24-21-18-15-12-9-6-3)62-56(59)50-47-44-41-38-35-32-28-26-23-20-17-14-11-8-5-2/h21,24,27,29,53H,4-20,22-23,25-26,28,30-52H2,1-3H3/b24-21-,29-27-/t53-/m1/s1. The van der Waals surface area contributed by atoms with Crippen molar-refractivity contribution < 1.29 is 28.6 Å². The normalized spacial score (nSPS) is 12.1. The lowest BCUT2D eigenvalue weighted by atomic mass is 10.0. The highest BCUT2D eigenvalue weighted by Crippen LogP contribution is 2.16. The second kappa shape index (κ2) is 51.5.